The van der Waals surface area contributed by atoms with Crippen LogP contribution in [0.5, 0.6) is 0 Å². The Morgan fingerprint density at radius 2 is 2.22 bits per heavy atom. The van der Waals surface area contributed by atoms with Crippen molar-refractivity contribution in [2.24, 2.45) is 0 Å². The minimum absolute atomic E-state index is 0.338. The molecule has 0 aromatic rings. The monoisotopic (exact) mass is 214 g/mol. The van der Waals surface area contributed by atoms with E-state index in [1.165, 1.54) is 0 Å². The van der Waals surface area contributed by atoms with Crippen LogP contribution in [0.4, 0.5) is 0 Å². The molecule has 54 valence electrons. The van der Waals surface area contributed by atoms with Gasteiger partial charge in [-0.1, -0.05) is 15.9 Å². The van der Waals surface area contributed by atoms with Gasteiger partial charge in [0.1, 0.15) is 4.16 Å². The molecular weight excluding hydrogens is 208 g/mol. The molecule has 1 atom stereocenters. The van der Waals surface area contributed by atoms with Gasteiger partial charge in [0.05, 0.1) is 6.61 Å². The summed E-state index contributed by atoms with van der Waals surface area (Å²) in [5, 5.41) is 0. The minimum atomic E-state index is -3.24. The van der Waals surface area contributed by atoms with Gasteiger partial charge in [0.2, 0.25) is 0 Å². The van der Waals surface area contributed by atoms with Crippen molar-refractivity contribution in [2.75, 3.05) is 6.61 Å². The van der Waals surface area contributed by atoms with Crippen molar-refractivity contribution in [3.8, 4) is 0 Å². The topological polar surface area (TPSA) is 43.4 Å². The molecular formula is C4H7BrO3S. The van der Waals surface area contributed by atoms with Gasteiger partial charge in [0, 0.05) is 0 Å². The Bertz CT molecular complexity index is 186. The summed E-state index contributed by atoms with van der Waals surface area (Å²) in [6, 6.07) is 0. The van der Waals surface area contributed by atoms with Crippen molar-refractivity contribution < 1.29 is 12.6 Å². The van der Waals surface area contributed by atoms with Gasteiger partial charge in [0.25, 0.3) is 10.1 Å². The second-order valence-electron chi connectivity index (χ2n) is 1.87. The standard InChI is InChI=1S/C4H7BrO3S/c5-4-2-1-3-8-9(4,6)7/h4H,1-3H2. The van der Waals surface area contributed by atoms with Crippen LogP contribution in [0.25, 0.3) is 0 Å². The molecule has 1 saturated heterocycles. The van der Waals surface area contributed by atoms with E-state index >= 15 is 0 Å². The van der Waals surface area contributed by atoms with Gasteiger partial charge in [-0.15, -0.1) is 0 Å². The Kier molecular flexibility index (Phi) is 2.13. The number of alkyl halides is 1. The molecule has 0 saturated carbocycles. The molecule has 5 heteroatoms. The lowest BCUT2D eigenvalue weighted by atomic mass is 10.4. The van der Waals surface area contributed by atoms with E-state index in [0.717, 1.165) is 6.42 Å². The van der Waals surface area contributed by atoms with Gasteiger partial charge in [0.15, 0.2) is 0 Å². The highest BCUT2D eigenvalue weighted by atomic mass is 79.9. The highest BCUT2D eigenvalue weighted by molar-refractivity contribution is 9.11. The van der Waals surface area contributed by atoms with Crippen molar-refractivity contribution in [1.29, 1.82) is 0 Å². The van der Waals surface area contributed by atoms with Crippen LogP contribution in [0.2, 0.25) is 0 Å². The van der Waals surface area contributed by atoms with Crippen molar-refractivity contribution >= 4 is 26.0 Å². The van der Waals surface area contributed by atoms with Gasteiger partial charge < -0.3 is 0 Å². The molecule has 1 aliphatic rings. The summed E-state index contributed by atoms with van der Waals surface area (Å²) in [4.78, 5) is 0. The van der Waals surface area contributed by atoms with E-state index in [2.05, 4.69) is 20.1 Å². The zero-order valence-electron chi connectivity index (χ0n) is 4.71. The summed E-state index contributed by atoms with van der Waals surface area (Å²) < 4.78 is 25.4. The Labute approximate surface area is 62.6 Å². The molecule has 1 unspecified atom stereocenters. The van der Waals surface area contributed by atoms with Crippen molar-refractivity contribution in [3.05, 3.63) is 0 Å². The highest BCUT2D eigenvalue weighted by Gasteiger charge is 2.26. The molecule has 0 bridgehead atoms. The average Bonchev–Trinajstić information content (AvgIpc) is 1.77. The van der Waals surface area contributed by atoms with E-state index < -0.39 is 14.3 Å². The SMILES string of the molecule is O=S1(=O)OCCCC1Br. The zero-order valence-corrected chi connectivity index (χ0v) is 7.11. The molecule has 0 aromatic carbocycles. The van der Waals surface area contributed by atoms with E-state index in [9.17, 15) is 8.42 Å². The molecule has 0 amide bonds. The summed E-state index contributed by atoms with van der Waals surface area (Å²) in [6.45, 7) is 0.338. The number of hydrogen-bond acceptors (Lipinski definition) is 3. The van der Waals surface area contributed by atoms with Crippen LogP contribution in [0, 0.1) is 0 Å². The minimum Gasteiger partial charge on any atom is -0.269 e. The van der Waals surface area contributed by atoms with Crippen LogP contribution in [0.15, 0.2) is 0 Å². The summed E-state index contributed by atoms with van der Waals surface area (Å²) >= 11 is 3.00. The first-order valence-electron chi connectivity index (χ1n) is 2.65. The third-order valence-corrected chi connectivity index (χ3v) is 4.32. The van der Waals surface area contributed by atoms with Crippen molar-refractivity contribution in [3.63, 3.8) is 0 Å². The van der Waals surface area contributed by atoms with E-state index in [4.69, 9.17) is 0 Å². The van der Waals surface area contributed by atoms with Crippen LogP contribution in [-0.4, -0.2) is 19.2 Å². The Morgan fingerprint density at radius 1 is 1.56 bits per heavy atom. The van der Waals surface area contributed by atoms with Gasteiger partial charge in [-0.05, 0) is 12.8 Å². The third kappa shape index (κ3) is 1.65. The van der Waals surface area contributed by atoms with Crippen LogP contribution in [0.1, 0.15) is 12.8 Å². The zero-order chi connectivity index (χ0) is 6.91. The van der Waals surface area contributed by atoms with Gasteiger partial charge >= 0.3 is 0 Å². The first kappa shape index (κ1) is 7.50. The van der Waals surface area contributed by atoms with Crippen molar-refractivity contribution in [2.45, 2.75) is 17.0 Å². The normalized spacial score (nSPS) is 34.1. The van der Waals surface area contributed by atoms with Crippen LogP contribution in [-0.2, 0) is 14.3 Å². The van der Waals surface area contributed by atoms with Crippen LogP contribution in [0.3, 0.4) is 0 Å². The predicted octanol–water partition coefficient (Wildman–Crippen LogP) is 0.848. The van der Waals surface area contributed by atoms with Gasteiger partial charge in [-0.3, -0.25) is 4.18 Å². The number of halogens is 1. The molecule has 0 aliphatic carbocycles. The molecule has 1 heterocycles. The second-order valence-corrected chi connectivity index (χ2v) is 5.37. The fourth-order valence-corrected chi connectivity index (χ4v) is 2.24. The Morgan fingerprint density at radius 3 is 2.56 bits per heavy atom. The maximum Gasteiger partial charge on any atom is 0.280 e. The molecule has 0 aromatic heterocycles. The fraction of sp³-hybridized carbons (Fsp3) is 1.00. The van der Waals surface area contributed by atoms with Crippen LogP contribution >= 0.6 is 15.9 Å². The lowest BCUT2D eigenvalue weighted by molar-refractivity contribution is 0.289. The van der Waals surface area contributed by atoms with E-state index in [1.807, 2.05) is 0 Å². The molecule has 1 rings (SSSR count). The summed E-state index contributed by atoms with van der Waals surface area (Å²) in [7, 11) is -3.24. The van der Waals surface area contributed by atoms with Crippen molar-refractivity contribution in [1.82, 2.24) is 0 Å². The smallest absolute Gasteiger partial charge is 0.269 e. The fourth-order valence-electron chi connectivity index (χ4n) is 0.637. The molecule has 0 radical (unpaired) electrons. The molecule has 0 N–H and O–H groups in total. The Hall–Kier alpha value is 0.390. The first-order chi connectivity index (χ1) is 4.13. The average molecular weight is 215 g/mol. The Balaban J connectivity index is 2.72. The summed E-state index contributed by atoms with van der Waals surface area (Å²) in [5.74, 6) is 0. The largest absolute Gasteiger partial charge is 0.280 e. The maximum atomic E-state index is 10.7. The molecule has 0 spiro atoms. The predicted molar refractivity (Wildman–Crippen MR) is 36.8 cm³/mol. The second kappa shape index (κ2) is 2.56. The number of hydrogen-bond donors (Lipinski definition) is 0. The van der Waals surface area contributed by atoms with Gasteiger partial charge in [-0.25, -0.2) is 0 Å². The summed E-state index contributed by atoms with van der Waals surface area (Å²) in [6.07, 6.45) is 1.47. The summed E-state index contributed by atoms with van der Waals surface area (Å²) in [5.41, 5.74) is 0. The highest BCUT2D eigenvalue weighted by Crippen LogP contribution is 2.21. The van der Waals surface area contributed by atoms with E-state index in [0.29, 0.717) is 13.0 Å². The van der Waals surface area contributed by atoms with Crippen LogP contribution < -0.4 is 0 Å². The maximum absolute atomic E-state index is 10.7. The van der Waals surface area contributed by atoms with E-state index in [1.54, 1.807) is 0 Å². The lowest BCUT2D eigenvalue weighted by Crippen LogP contribution is -2.23. The molecule has 9 heavy (non-hydrogen) atoms. The quantitative estimate of drug-likeness (QED) is 0.444. The van der Waals surface area contributed by atoms with Gasteiger partial charge in [-0.2, -0.15) is 8.42 Å². The van der Waals surface area contributed by atoms with E-state index in [-0.39, 0.29) is 0 Å². The lowest BCUT2D eigenvalue weighted by Gasteiger charge is -2.15. The first-order valence-corrected chi connectivity index (χ1v) is 5.04. The third-order valence-electron chi connectivity index (χ3n) is 1.14. The molecule has 1 fully saturated rings. The molecule has 3 nitrogen and oxygen atoms in total. The number of rotatable bonds is 0. The molecule has 1 aliphatic heterocycles.